The number of hydrogen-bond acceptors (Lipinski definition) is 4. The second kappa shape index (κ2) is 11.0. The monoisotopic (exact) mass is 349 g/mol. The zero-order valence-electron chi connectivity index (χ0n) is 15.4. The van der Waals surface area contributed by atoms with Crippen molar-refractivity contribution in [1.29, 1.82) is 0 Å². The van der Waals surface area contributed by atoms with Crippen LogP contribution in [0.4, 0.5) is 5.69 Å². The van der Waals surface area contributed by atoms with Crippen LogP contribution in [0, 0.1) is 16.0 Å². The van der Waals surface area contributed by atoms with Gasteiger partial charge in [0.05, 0.1) is 18.1 Å². The third-order valence-corrected chi connectivity index (χ3v) is 4.57. The van der Waals surface area contributed by atoms with Gasteiger partial charge < -0.3 is 9.47 Å². The molecule has 2 rings (SSSR count). The van der Waals surface area contributed by atoms with Gasteiger partial charge in [0.25, 0.3) is 0 Å². The highest BCUT2D eigenvalue weighted by molar-refractivity contribution is 5.55. The molecule has 140 valence electrons. The zero-order valence-corrected chi connectivity index (χ0v) is 15.4. The smallest absolute Gasteiger partial charge is 0.314 e. The van der Waals surface area contributed by atoms with Crippen LogP contribution in [0.3, 0.4) is 0 Å². The molecule has 0 spiro atoms. The summed E-state index contributed by atoms with van der Waals surface area (Å²) < 4.78 is 11.5. The van der Waals surface area contributed by atoms with E-state index in [2.05, 4.69) is 6.92 Å². The summed E-state index contributed by atoms with van der Waals surface area (Å²) >= 11 is 0. The molecule has 0 aliphatic heterocycles. The minimum absolute atomic E-state index is 0.00549. The molecule has 0 radical (unpaired) electrons. The van der Waals surface area contributed by atoms with Crippen LogP contribution in [0.2, 0.25) is 0 Å². The molecule has 1 aromatic carbocycles. The minimum atomic E-state index is -0.397. The molecule has 5 nitrogen and oxygen atoms in total. The third-order valence-electron chi connectivity index (χ3n) is 4.57. The Labute approximate surface area is 150 Å². The van der Waals surface area contributed by atoms with E-state index in [0.29, 0.717) is 30.6 Å². The standard InChI is InChI=1S/C20H31NO4/c1-2-3-4-5-6-7-8-9-15-24-19-12-10-11-18(21(22)23)20(19)25-16-17-13-14-17/h10-12,17H,2-9,13-16H2,1H3. The van der Waals surface area contributed by atoms with Crippen molar-refractivity contribution in [3.05, 3.63) is 28.3 Å². The van der Waals surface area contributed by atoms with Crippen LogP contribution in [-0.2, 0) is 0 Å². The number of hydrogen-bond donors (Lipinski definition) is 0. The fourth-order valence-electron chi connectivity index (χ4n) is 2.81. The first-order chi connectivity index (χ1) is 12.2. The molecular formula is C20H31NO4. The normalized spacial score (nSPS) is 13.6. The molecular weight excluding hydrogens is 318 g/mol. The molecule has 0 heterocycles. The summed E-state index contributed by atoms with van der Waals surface area (Å²) in [7, 11) is 0. The zero-order chi connectivity index (χ0) is 17.9. The van der Waals surface area contributed by atoms with E-state index < -0.39 is 4.92 Å². The van der Waals surface area contributed by atoms with Crippen LogP contribution in [-0.4, -0.2) is 18.1 Å². The second-order valence-electron chi connectivity index (χ2n) is 6.94. The van der Waals surface area contributed by atoms with Gasteiger partial charge in [-0.3, -0.25) is 10.1 Å². The molecule has 1 aliphatic carbocycles. The van der Waals surface area contributed by atoms with Gasteiger partial charge in [0.2, 0.25) is 5.75 Å². The lowest BCUT2D eigenvalue weighted by molar-refractivity contribution is -0.386. The van der Waals surface area contributed by atoms with Crippen molar-refractivity contribution in [2.45, 2.75) is 71.1 Å². The van der Waals surface area contributed by atoms with Crippen LogP contribution < -0.4 is 9.47 Å². The minimum Gasteiger partial charge on any atom is -0.489 e. The van der Waals surface area contributed by atoms with Gasteiger partial charge in [-0.05, 0) is 31.2 Å². The van der Waals surface area contributed by atoms with E-state index in [9.17, 15) is 10.1 Å². The largest absolute Gasteiger partial charge is 0.489 e. The van der Waals surface area contributed by atoms with E-state index in [1.807, 2.05) is 0 Å². The molecule has 0 aromatic heterocycles. The summed E-state index contributed by atoms with van der Waals surface area (Å²) in [6, 6.07) is 4.90. The van der Waals surface area contributed by atoms with Gasteiger partial charge in [-0.25, -0.2) is 0 Å². The van der Waals surface area contributed by atoms with Crippen molar-refractivity contribution in [3.63, 3.8) is 0 Å². The topological polar surface area (TPSA) is 61.6 Å². The lowest BCUT2D eigenvalue weighted by Crippen LogP contribution is -2.06. The number of nitro benzene ring substituents is 1. The van der Waals surface area contributed by atoms with Gasteiger partial charge in [-0.1, -0.05) is 57.9 Å². The summed E-state index contributed by atoms with van der Waals surface area (Å²) in [6.07, 6.45) is 12.2. The average Bonchev–Trinajstić information content (AvgIpc) is 3.43. The molecule has 1 fully saturated rings. The van der Waals surface area contributed by atoms with Crippen molar-refractivity contribution >= 4 is 5.69 Å². The molecule has 0 atom stereocenters. The van der Waals surface area contributed by atoms with Crippen molar-refractivity contribution in [2.24, 2.45) is 5.92 Å². The fourth-order valence-corrected chi connectivity index (χ4v) is 2.81. The molecule has 1 aromatic rings. The Hall–Kier alpha value is -1.78. The lowest BCUT2D eigenvalue weighted by atomic mass is 10.1. The summed E-state index contributed by atoms with van der Waals surface area (Å²) in [5, 5.41) is 11.2. The van der Waals surface area contributed by atoms with Gasteiger partial charge in [0.15, 0.2) is 5.75 Å². The maximum absolute atomic E-state index is 11.2. The van der Waals surface area contributed by atoms with E-state index in [1.165, 1.54) is 44.6 Å². The highest BCUT2D eigenvalue weighted by atomic mass is 16.6. The third kappa shape index (κ3) is 7.32. The first kappa shape index (κ1) is 19.5. The van der Waals surface area contributed by atoms with Crippen LogP contribution in [0.25, 0.3) is 0 Å². The summed E-state index contributed by atoms with van der Waals surface area (Å²) in [6.45, 7) is 3.35. The van der Waals surface area contributed by atoms with Crippen molar-refractivity contribution in [1.82, 2.24) is 0 Å². The summed E-state index contributed by atoms with van der Waals surface area (Å²) in [5.41, 5.74) is -0.00549. The van der Waals surface area contributed by atoms with E-state index in [1.54, 1.807) is 12.1 Å². The van der Waals surface area contributed by atoms with Crippen LogP contribution in [0.15, 0.2) is 18.2 Å². The maximum Gasteiger partial charge on any atom is 0.314 e. The number of para-hydroxylation sites is 1. The second-order valence-corrected chi connectivity index (χ2v) is 6.94. The molecule has 0 amide bonds. The van der Waals surface area contributed by atoms with E-state index in [-0.39, 0.29) is 5.69 Å². The average molecular weight is 349 g/mol. The van der Waals surface area contributed by atoms with Crippen molar-refractivity contribution in [3.8, 4) is 11.5 Å². The Morgan fingerprint density at radius 1 is 1.04 bits per heavy atom. The quantitative estimate of drug-likeness (QED) is 0.238. The Balaban J connectivity index is 1.74. The first-order valence-corrected chi connectivity index (χ1v) is 9.75. The number of nitrogens with zero attached hydrogens (tertiary/aromatic N) is 1. The molecule has 1 saturated carbocycles. The molecule has 5 heteroatoms. The highest BCUT2D eigenvalue weighted by Crippen LogP contribution is 2.39. The van der Waals surface area contributed by atoms with Crippen LogP contribution in [0.5, 0.6) is 11.5 Å². The number of nitro groups is 1. The predicted molar refractivity (Wildman–Crippen MR) is 99.4 cm³/mol. The van der Waals surface area contributed by atoms with Gasteiger partial charge in [0, 0.05) is 6.07 Å². The van der Waals surface area contributed by atoms with E-state index in [0.717, 1.165) is 25.7 Å². The Bertz CT molecular complexity index is 528. The predicted octanol–water partition coefficient (Wildman–Crippen LogP) is 5.90. The molecule has 0 bridgehead atoms. The van der Waals surface area contributed by atoms with Crippen LogP contribution >= 0.6 is 0 Å². The molecule has 1 aliphatic rings. The van der Waals surface area contributed by atoms with E-state index >= 15 is 0 Å². The Kier molecular flexibility index (Phi) is 8.56. The van der Waals surface area contributed by atoms with Gasteiger partial charge in [-0.2, -0.15) is 0 Å². The van der Waals surface area contributed by atoms with Gasteiger partial charge in [-0.15, -0.1) is 0 Å². The van der Waals surface area contributed by atoms with E-state index in [4.69, 9.17) is 9.47 Å². The fraction of sp³-hybridized carbons (Fsp3) is 0.700. The summed E-state index contributed by atoms with van der Waals surface area (Å²) in [4.78, 5) is 10.8. The number of ether oxygens (including phenoxy) is 2. The molecule has 0 saturated heterocycles. The summed E-state index contributed by atoms with van der Waals surface area (Å²) in [5.74, 6) is 1.33. The van der Waals surface area contributed by atoms with Crippen LogP contribution in [0.1, 0.15) is 71.1 Å². The maximum atomic E-state index is 11.2. The van der Waals surface area contributed by atoms with Crippen molar-refractivity contribution in [2.75, 3.05) is 13.2 Å². The Morgan fingerprint density at radius 2 is 1.72 bits per heavy atom. The van der Waals surface area contributed by atoms with Crippen molar-refractivity contribution < 1.29 is 14.4 Å². The SMILES string of the molecule is CCCCCCCCCCOc1cccc([N+](=O)[O-])c1OCC1CC1. The van der Waals surface area contributed by atoms with Gasteiger partial charge in [0.1, 0.15) is 0 Å². The molecule has 0 N–H and O–H groups in total. The lowest BCUT2D eigenvalue weighted by Gasteiger charge is -2.12. The number of rotatable bonds is 14. The first-order valence-electron chi connectivity index (χ1n) is 9.75. The molecule has 0 unspecified atom stereocenters. The Morgan fingerprint density at radius 3 is 2.36 bits per heavy atom. The number of benzene rings is 1. The number of unbranched alkanes of at least 4 members (excludes halogenated alkanes) is 7. The highest BCUT2D eigenvalue weighted by Gasteiger charge is 2.26. The van der Waals surface area contributed by atoms with Gasteiger partial charge >= 0.3 is 5.69 Å². The molecule has 25 heavy (non-hydrogen) atoms.